The quantitative estimate of drug-likeness (QED) is 0.727. The van der Waals surface area contributed by atoms with Gasteiger partial charge in [0.05, 0.1) is 18.4 Å². The molecule has 0 unspecified atom stereocenters. The van der Waals surface area contributed by atoms with Gasteiger partial charge in [-0.15, -0.1) is 0 Å². The van der Waals surface area contributed by atoms with Gasteiger partial charge in [-0.2, -0.15) is 0 Å². The zero-order valence-corrected chi connectivity index (χ0v) is 15.9. The number of carbonyl (C=O) groups excluding carboxylic acids is 1. The van der Waals surface area contributed by atoms with E-state index in [2.05, 4.69) is 5.32 Å². The van der Waals surface area contributed by atoms with Crippen LogP contribution in [-0.4, -0.2) is 26.2 Å². The van der Waals surface area contributed by atoms with E-state index in [1.165, 1.54) is 0 Å². The predicted molar refractivity (Wildman–Crippen MR) is 110 cm³/mol. The minimum Gasteiger partial charge on any atom is -0.495 e. The maximum atomic E-state index is 13.5. The zero-order valence-electron chi connectivity index (χ0n) is 15.9. The molecule has 0 fully saturated rings. The molecule has 0 aromatic heterocycles. The lowest BCUT2D eigenvalue weighted by Crippen LogP contribution is -2.43. The largest absolute Gasteiger partial charge is 0.495 e. The Kier molecular flexibility index (Phi) is 4.24. The highest BCUT2D eigenvalue weighted by Crippen LogP contribution is 2.42. The first kappa shape index (κ1) is 17.4. The van der Waals surface area contributed by atoms with Crippen molar-refractivity contribution in [3.05, 3.63) is 77.9 Å². The predicted octanol–water partition coefficient (Wildman–Crippen LogP) is 4.24. The molecule has 29 heavy (non-hydrogen) atoms. The van der Waals surface area contributed by atoms with Crippen molar-refractivity contribution in [3.8, 4) is 17.2 Å². The Hall–Kier alpha value is -3.67. The highest BCUT2D eigenvalue weighted by Gasteiger charge is 2.36. The molecule has 6 nitrogen and oxygen atoms in total. The van der Waals surface area contributed by atoms with E-state index in [0.717, 1.165) is 11.3 Å². The topological polar surface area (TPSA) is 60.0 Å². The van der Waals surface area contributed by atoms with Crippen molar-refractivity contribution in [1.82, 2.24) is 0 Å². The van der Waals surface area contributed by atoms with Crippen LogP contribution in [0.1, 0.15) is 22.1 Å². The first-order valence-corrected chi connectivity index (χ1v) is 9.48. The second-order valence-corrected chi connectivity index (χ2v) is 6.84. The molecule has 2 heterocycles. The molecule has 2 aliphatic rings. The summed E-state index contributed by atoms with van der Waals surface area (Å²) in [5, 5.41) is 3.50. The monoisotopic (exact) mass is 388 g/mol. The number of amides is 1. The number of rotatable bonds is 3. The number of ether oxygens (including phenoxy) is 3. The SMILES string of the molecule is COc1ccccc1N1C(=O)c2ccccc2N[C@H]1c1ccc2c(c1)OCCO2. The molecule has 6 heteroatoms. The number of hydrogen-bond donors (Lipinski definition) is 1. The fraction of sp³-hybridized carbons (Fsp3) is 0.174. The molecule has 146 valence electrons. The van der Waals surface area contributed by atoms with Crippen LogP contribution in [-0.2, 0) is 0 Å². The van der Waals surface area contributed by atoms with Crippen LogP contribution in [0.3, 0.4) is 0 Å². The minimum absolute atomic E-state index is 0.0938. The maximum Gasteiger partial charge on any atom is 0.262 e. The van der Waals surface area contributed by atoms with Crippen LogP contribution in [0.2, 0.25) is 0 Å². The second kappa shape index (κ2) is 7.05. The molecule has 0 radical (unpaired) electrons. The van der Waals surface area contributed by atoms with Crippen LogP contribution in [0.25, 0.3) is 0 Å². The number of benzene rings is 3. The van der Waals surface area contributed by atoms with Gasteiger partial charge in [0.25, 0.3) is 5.91 Å². The summed E-state index contributed by atoms with van der Waals surface area (Å²) in [4.78, 5) is 15.3. The van der Waals surface area contributed by atoms with Gasteiger partial charge >= 0.3 is 0 Å². The lowest BCUT2D eigenvalue weighted by Gasteiger charge is -2.38. The summed E-state index contributed by atoms with van der Waals surface area (Å²) < 4.78 is 16.9. The van der Waals surface area contributed by atoms with Crippen molar-refractivity contribution in [1.29, 1.82) is 0 Å². The Bertz CT molecular complexity index is 1080. The fourth-order valence-electron chi connectivity index (χ4n) is 3.79. The Labute approximate surface area is 168 Å². The van der Waals surface area contributed by atoms with Gasteiger partial charge in [0, 0.05) is 5.69 Å². The van der Waals surface area contributed by atoms with Gasteiger partial charge in [0.2, 0.25) is 0 Å². The van der Waals surface area contributed by atoms with E-state index in [0.29, 0.717) is 41.7 Å². The molecular weight excluding hydrogens is 368 g/mol. The van der Waals surface area contributed by atoms with Crippen molar-refractivity contribution < 1.29 is 19.0 Å². The van der Waals surface area contributed by atoms with E-state index in [4.69, 9.17) is 14.2 Å². The Balaban J connectivity index is 1.66. The standard InChI is InChI=1S/C23H20N2O4/c1-27-19-9-5-4-8-18(19)25-22(24-17-7-3-2-6-16(17)23(25)26)15-10-11-20-21(14-15)29-13-12-28-20/h2-11,14,22,24H,12-13H2,1H3/t22-/m1/s1. The van der Waals surface area contributed by atoms with E-state index in [-0.39, 0.29) is 5.91 Å². The summed E-state index contributed by atoms with van der Waals surface area (Å²) in [6, 6.07) is 20.8. The number of hydrogen-bond acceptors (Lipinski definition) is 5. The zero-order chi connectivity index (χ0) is 19.8. The molecule has 1 amide bonds. The van der Waals surface area contributed by atoms with Gasteiger partial charge in [0.1, 0.15) is 25.1 Å². The average molecular weight is 388 g/mol. The lowest BCUT2D eigenvalue weighted by molar-refractivity contribution is 0.0974. The smallest absolute Gasteiger partial charge is 0.262 e. The van der Waals surface area contributed by atoms with Crippen molar-refractivity contribution >= 4 is 17.3 Å². The van der Waals surface area contributed by atoms with E-state index in [1.807, 2.05) is 66.7 Å². The molecule has 0 bridgehead atoms. The van der Waals surface area contributed by atoms with Crippen LogP contribution in [0.15, 0.2) is 66.7 Å². The number of nitrogens with one attached hydrogen (secondary N) is 1. The first-order valence-electron chi connectivity index (χ1n) is 9.48. The van der Waals surface area contributed by atoms with E-state index >= 15 is 0 Å². The highest BCUT2D eigenvalue weighted by atomic mass is 16.6. The maximum absolute atomic E-state index is 13.5. The van der Waals surface area contributed by atoms with Crippen LogP contribution >= 0.6 is 0 Å². The summed E-state index contributed by atoms with van der Waals surface area (Å²) in [5.41, 5.74) is 3.00. The number of methoxy groups -OCH3 is 1. The molecule has 1 N–H and O–H groups in total. The van der Waals surface area contributed by atoms with Gasteiger partial charge in [-0.05, 0) is 42.0 Å². The van der Waals surface area contributed by atoms with Crippen LogP contribution in [0, 0.1) is 0 Å². The van der Waals surface area contributed by atoms with E-state index in [9.17, 15) is 4.79 Å². The number of carbonyl (C=O) groups is 1. The van der Waals surface area contributed by atoms with Crippen molar-refractivity contribution in [2.24, 2.45) is 0 Å². The summed E-state index contributed by atoms with van der Waals surface area (Å²) in [7, 11) is 1.60. The average Bonchev–Trinajstić information content (AvgIpc) is 2.79. The molecule has 1 atom stereocenters. The third-order valence-electron chi connectivity index (χ3n) is 5.15. The second-order valence-electron chi connectivity index (χ2n) is 6.84. The third-order valence-corrected chi connectivity index (χ3v) is 5.15. The van der Waals surface area contributed by atoms with Crippen molar-refractivity contribution in [2.75, 3.05) is 30.5 Å². The normalized spacial score (nSPS) is 17.3. The number of fused-ring (bicyclic) bond motifs is 2. The third kappa shape index (κ3) is 2.93. The van der Waals surface area contributed by atoms with Crippen molar-refractivity contribution in [3.63, 3.8) is 0 Å². The highest BCUT2D eigenvalue weighted by molar-refractivity contribution is 6.12. The minimum atomic E-state index is -0.426. The van der Waals surface area contributed by atoms with Crippen LogP contribution in [0.4, 0.5) is 11.4 Å². The van der Waals surface area contributed by atoms with Gasteiger partial charge in [-0.3, -0.25) is 9.69 Å². The lowest BCUT2D eigenvalue weighted by atomic mass is 10.0. The first-order chi connectivity index (χ1) is 14.3. The molecule has 0 aliphatic carbocycles. The van der Waals surface area contributed by atoms with Gasteiger partial charge in [-0.1, -0.05) is 30.3 Å². The summed E-state index contributed by atoms with van der Waals surface area (Å²) >= 11 is 0. The molecule has 3 aromatic carbocycles. The fourth-order valence-corrected chi connectivity index (χ4v) is 3.79. The Morgan fingerprint density at radius 1 is 0.966 bits per heavy atom. The van der Waals surface area contributed by atoms with Crippen molar-refractivity contribution in [2.45, 2.75) is 6.17 Å². The number of para-hydroxylation sites is 3. The van der Waals surface area contributed by atoms with Gasteiger partial charge in [-0.25, -0.2) is 0 Å². The summed E-state index contributed by atoms with van der Waals surface area (Å²) in [5.74, 6) is 1.93. The van der Waals surface area contributed by atoms with Gasteiger partial charge < -0.3 is 19.5 Å². The molecule has 3 aromatic rings. The summed E-state index contributed by atoms with van der Waals surface area (Å²) in [6.07, 6.45) is -0.426. The van der Waals surface area contributed by atoms with E-state index < -0.39 is 6.17 Å². The Morgan fingerprint density at radius 3 is 2.59 bits per heavy atom. The number of anilines is 2. The molecule has 0 saturated carbocycles. The summed E-state index contributed by atoms with van der Waals surface area (Å²) in [6.45, 7) is 1.04. The number of nitrogens with zero attached hydrogens (tertiary/aromatic N) is 1. The molecule has 0 saturated heterocycles. The Morgan fingerprint density at radius 2 is 1.72 bits per heavy atom. The van der Waals surface area contributed by atoms with Gasteiger partial charge in [0.15, 0.2) is 11.5 Å². The molecule has 5 rings (SSSR count). The molecule has 0 spiro atoms. The van der Waals surface area contributed by atoms with E-state index in [1.54, 1.807) is 12.0 Å². The van der Waals surface area contributed by atoms with Crippen LogP contribution in [0.5, 0.6) is 17.2 Å². The molecular formula is C23H20N2O4. The molecule has 2 aliphatic heterocycles. The van der Waals surface area contributed by atoms with Crippen LogP contribution < -0.4 is 24.4 Å².